The molecular weight excluding hydrogens is 634 g/mol. The van der Waals surface area contributed by atoms with E-state index in [2.05, 4.69) is 37.0 Å². The summed E-state index contributed by atoms with van der Waals surface area (Å²) in [6.07, 6.45) is 7.91. The highest BCUT2D eigenvalue weighted by atomic mass is 35.5. The number of rotatable bonds is 11. The topological polar surface area (TPSA) is 114 Å². The zero-order valence-electron chi connectivity index (χ0n) is 27.4. The first kappa shape index (κ1) is 32.4. The van der Waals surface area contributed by atoms with E-state index in [0.29, 0.717) is 70.7 Å². The Morgan fingerprint density at radius 1 is 1.10 bits per heavy atom. The number of fused-ring (bicyclic) bond motifs is 2. The van der Waals surface area contributed by atoms with Crippen LogP contribution < -0.4 is 30.1 Å². The zero-order valence-corrected chi connectivity index (χ0v) is 28.1. The van der Waals surface area contributed by atoms with Crippen LogP contribution in [-0.2, 0) is 20.8 Å². The number of aromatic nitrogens is 2. The number of halogens is 1. The van der Waals surface area contributed by atoms with Crippen molar-refractivity contribution in [2.75, 3.05) is 67.7 Å². The molecule has 3 aromatic rings. The minimum Gasteiger partial charge on any atom is -0.495 e. The van der Waals surface area contributed by atoms with E-state index in [4.69, 9.17) is 30.6 Å². The maximum atomic E-state index is 12.6. The number of likely N-dealkylation sites (tertiary alicyclic amines) is 1. The molecule has 1 aromatic heterocycles. The van der Waals surface area contributed by atoms with Crippen LogP contribution in [0.2, 0.25) is 5.02 Å². The van der Waals surface area contributed by atoms with Gasteiger partial charge in [-0.3, -0.25) is 14.5 Å². The molecule has 5 heterocycles. The van der Waals surface area contributed by atoms with Crippen molar-refractivity contribution in [3.8, 4) is 11.5 Å². The molecule has 0 unspecified atom stereocenters. The Kier molecular flexibility index (Phi) is 9.58. The van der Waals surface area contributed by atoms with Gasteiger partial charge in [0.2, 0.25) is 5.91 Å². The molecule has 2 bridgehead atoms. The summed E-state index contributed by atoms with van der Waals surface area (Å²) < 4.78 is 17.3. The van der Waals surface area contributed by atoms with E-state index >= 15 is 0 Å². The van der Waals surface area contributed by atoms with Gasteiger partial charge in [0.1, 0.15) is 23.6 Å². The number of anilines is 5. The first-order valence-corrected chi connectivity index (χ1v) is 16.9. The van der Waals surface area contributed by atoms with Gasteiger partial charge in [-0.05, 0) is 55.9 Å². The molecule has 3 atom stereocenters. The number of nitrogens with one attached hydrogen (secondary N) is 2. The standard InChI is InChI=1S/C35H42ClN7O5/c1-4-34(44)40-28-16-29(31(45-2)17-30(28)41-11-8-23(9-12-41)42-19-26-15-25(42)20-47-26)39-32-18-33(38-21-37-32)43-24(10-13-48-43)14-22-6-5-7-27(36)35(22)46-3/h4-7,16-18,21,23-26H,1,8-15,19-20H2,2-3H3,(H,40,44)(H,37,38,39)/t24-,25-,26-/m1/s1. The number of amides is 1. The lowest BCUT2D eigenvalue weighted by molar-refractivity contribution is -0.111. The van der Waals surface area contributed by atoms with Crippen molar-refractivity contribution in [3.63, 3.8) is 0 Å². The van der Waals surface area contributed by atoms with Crippen LogP contribution in [-0.4, -0.2) is 92.1 Å². The van der Waals surface area contributed by atoms with Crippen LogP contribution in [0.25, 0.3) is 0 Å². The van der Waals surface area contributed by atoms with E-state index in [1.54, 1.807) is 14.2 Å². The summed E-state index contributed by atoms with van der Waals surface area (Å²) >= 11 is 6.39. The lowest BCUT2D eigenvalue weighted by Gasteiger charge is -2.41. The Balaban J connectivity index is 1.10. The van der Waals surface area contributed by atoms with Gasteiger partial charge >= 0.3 is 0 Å². The molecular formula is C35H42ClN7O5. The Morgan fingerprint density at radius 2 is 1.96 bits per heavy atom. The largest absolute Gasteiger partial charge is 0.495 e. The second-order valence-corrected chi connectivity index (χ2v) is 13.1. The van der Waals surface area contributed by atoms with Crippen LogP contribution in [0.3, 0.4) is 0 Å². The van der Waals surface area contributed by atoms with Crippen LogP contribution >= 0.6 is 11.6 Å². The smallest absolute Gasteiger partial charge is 0.247 e. The zero-order chi connectivity index (χ0) is 33.2. The molecule has 4 aliphatic heterocycles. The van der Waals surface area contributed by atoms with Crippen molar-refractivity contribution in [1.82, 2.24) is 14.9 Å². The monoisotopic (exact) mass is 675 g/mol. The molecule has 0 saturated carbocycles. The van der Waals surface area contributed by atoms with Crippen molar-refractivity contribution in [3.05, 3.63) is 66.0 Å². The van der Waals surface area contributed by atoms with Gasteiger partial charge in [-0.2, -0.15) is 0 Å². The fraction of sp³-hybridized carbons (Fsp3) is 0.457. The van der Waals surface area contributed by atoms with E-state index in [9.17, 15) is 4.79 Å². The second kappa shape index (κ2) is 14.2. The number of morpholine rings is 1. The Morgan fingerprint density at radius 3 is 2.69 bits per heavy atom. The Bertz CT molecular complexity index is 1650. The molecule has 4 saturated heterocycles. The summed E-state index contributed by atoms with van der Waals surface area (Å²) in [5.74, 6) is 2.18. The highest BCUT2D eigenvalue weighted by molar-refractivity contribution is 6.32. The van der Waals surface area contributed by atoms with Crippen molar-refractivity contribution in [1.29, 1.82) is 0 Å². The molecule has 4 fully saturated rings. The number of carbonyl (C=O) groups excluding carboxylic acids is 1. The first-order valence-electron chi connectivity index (χ1n) is 16.5. The summed E-state index contributed by atoms with van der Waals surface area (Å²) in [4.78, 5) is 32.6. The maximum absolute atomic E-state index is 12.6. The molecule has 1 amide bonds. The Labute approximate surface area is 285 Å². The van der Waals surface area contributed by atoms with Gasteiger partial charge in [0.05, 0.1) is 61.7 Å². The van der Waals surface area contributed by atoms with Gasteiger partial charge in [0, 0.05) is 43.9 Å². The molecule has 48 heavy (non-hydrogen) atoms. The lowest BCUT2D eigenvalue weighted by atomic mass is 10.0. The van der Waals surface area contributed by atoms with Crippen LogP contribution in [0.5, 0.6) is 11.5 Å². The number of piperidine rings is 1. The van der Waals surface area contributed by atoms with Gasteiger partial charge in [0.25, 0.3) is 0 Å². The van der Waals surface area contributed by atoms with E-state index in [-0.39, 0.29) is 11.9 Å². The molecule has 0 radical (unpaired) electrons. The Hall–Kier alpha value is -4.10. The number of hydroxylamine groups is 1. The van der Waals surface area contributed by atoms with Crippen LogP contribution in [0, 0.1) is 0 Å². The van der Waals surface area contributed by atoms with Crippen molar-refractivity contribution >= 4 is 46.2 Å². The second-order valence-electron chi connectivity index (χ2n) is 12.6. The summed E-state index contributed by atoms with van der Waals surface area (Å²) in [6.45, 7) is 7.86. The number of hydrogen-bond acceptors (Lipinski definition) is 11. The summed E-state index contributed by atoms with van der Waals surface area (Å²) in [7, 11) is 3.27. The summed E-state index contributed by atoms with van der Waals surface area (Å²) in [5.41, 5.74) is 3.22. The third-order valence-electron chi connectivity index (χ3n) is 9.84. The molecule has 0 spiro atoms. The van der Waals surface area contributed by atoms with Gasteiger partial charge in [-0.25, -0.2) is 15.0 Å². The number of nitrogens with zero attached hydrogens (tertiary/aromatic N) is 5. The summed E-state index contributed by atoms with van der Waals surface area (Å²) in [6, 6.07) is 12.6. The van der Waals surface area contributed by atoms with Gasteiger partial charge < -0.3 is 29.7 Å². The van der Waals surface area contributed by atoms with E-state index < -0.39 is 0 Å². The molecule has 7 rings (SSSR count). The average molecular weight is 676 g/mol. The third-order valence-corrected chi connectivity index (χ3v) is 10.1. The van der Waals surface area contributed by atoms with Crippen molar-refractivity contribution in [2.45, 2.75) is 56.3 Å². The lowest BCUT2D eigenvalue weighted by Crippen LogP contribution is -2.49. The fourth-order valence-electron chi connectivity index (χ4n) is 7.51. The van der Waals surface area contributed by atoms with E-state index in [0.717, 1.165) is 63.2 Å². The maximum Gasteiger partial charge on any atom is 0.247 e. The SMILES string of the molecule is C=CC(=O)Nc1cc(Nc2cc(N3OCC[C@@H]3Cc3cccc(Cl)c3OC)ncn2)c(OC)cc1N1CCC(N2C[C@H]3C[C@@H]2CO3)CC1. The third kappa shape index (κ3) is 6.62. The van der Waals surface area contributed by atoms with E-state index in [1.807, 2.05) is 41.5 Å². The van der Waals surface area contributed by atoms with E-state index in [1.165, 1.54) is 12.4 Å². The average Bonchev–Trinajstić information content (AvgIpc) is 3.87. The van der Waals surface area contributed by atoms with Crippen LogP contribution in [0.4, 0.5) is 28.7 Å². The predicted octanol–water partition coefficient (Wildman–Crippen LogP) is 5.21. The number of benzene rings is 2. The normalized spacial score (nSPS) is 22.6. The molecule has 13 heteroatoms. The number of hydrogen-bond donors (Lipinski definition) is 2. The molecule has 2 N–H and O–H groups in total. The number of carbonyl (C=O) groups is 1. The molecule has 4 aliphatic rings. The van der Waals surface area contributed by atoms with Crippen molar-refractivity contribution < 1.29 is 23.8 Å². The highest BCUT2D eigenvalue weighted by Crippen LogP contribution is 2.41. The summed E-state index contributed by atoms with van der Waals surface area (Å²) in [5, 5.41) is 8.81. The molecule has 254 valence electrons. The minimum atomic E-state index is -0.284. The number of ether oxygens (including phenoxy) is 3. The van der Waals surface area contributed by atoms with Crippen LogP contribution in [0.1, 0.15) is 31.2 Å². The molecule has 2 aromatic carbocycles. The quantitative estimate of drug-likeness (QED) is 0.261. The van der Waals surface area contributed by atoms with Gasteiger partial charge in [-0.1, -0.05) is 30.3 Å². The highest BCUT2D eigenvalue weighted by Gasteiger charge is 2.42. The number of para-hydroxylation sites is 1. The fourth-order valence-corrected chi connectivity index (χ4v) is 7.79. The molecule has 12 nitrogen and oxygen atoms in total. The van der Waals surface area contributed by atoms with Crippen molar-refractivity contribution in [2.24, 2.45) is 0 Å². The molecule has 0 aliphatic carbocycles. The van der Waals surface area contributed by atoms with Gasteiger partial charge in [-0.15, -0.1) is 0 Å². The minimum absolute atomic E-state index is 0.0211. The van der Waals surface area contributed by atoms with Crippen LogP contribution in [0.15, 0.2) is 55.4 Å². The first-order chi connectivity index (χ1) is 23.4. The number of methoxy groups -OCH3 is 2. The predicted molar refractivity (Wildman–Crippen MR) is 186 cm³/mol. The van der Waals surface area contributed by atoms with Gasteiger partial charge in [0.15, 0.2) is 5.82 Å².